The summed E-state index contributed by atoms with van der Waals surface area (Å²) < 4.78 is 4.97. The second kappa shape index (κ2) is 3.99. The molecule has 84 valence electrons. The quantitative estimate of drug-likeness (QED) is 0.489. The second-order valence-corrected chi connectivity index (χ2v) is 5.06. The molecule has 0 heterocycles. The minimum Gasteiger partial charge on any atom is -0.469 e. The number of carbonyl (C=O) groups is 1. The summed E-state index contributed by atoms with van der Waals surface area (Å²) in [6, 6.07) is 0. The van der Waals surface area contributed by atoms with E-state index in [1.54, 1.807) is 0 Å². The lowest BCUT2D eigenvalue weighted by Gasteiger charge is -2.40. The van der Waals surface area contributed by atoms with Crippen molar-refractivity contribution in [2.45, 2.75) is 39.0 Å². The number of rotatable bonds is 1. The van der Waals surface area contributed by atoms with E-state index in [4.69, 9.17) is 4.74 Å². The lowest BCUT2D eigenvalue weighted by atomic mass is 9.64. The maximum atomic E-state index is 11.9. The number of hydrogen-bond donors (Lipinski definition) is 0. The van der Waals surface area contributed by atoms with Gasteiger partial charge in [0.2, 0.25) is 0 Å². The lowest BCUT2D eigenvalue weighted by Crippen LogP contribution is -2.40. The Morgan fingerprint density at radius 3 is 2.67 bits per heavy atom. The Balaban J connectivity index is 2.28. The summed E-state index contributed by atoms with van der Waals surface area (Å²) >= 11 is 0. The summed E-state index contributed by atoms with van der Waals surface area (Å²) in [4.78, 5) is 11.9. The number of allylic oxidation sites excluding steroid dienone is 2. The van der Waals surface area contributed by atoms with Gasteiger partial charge in [-0.2, -0.15) is 0 Å². The van der Waals surface area contributed by atoms with E-state index in [0.29, 0.717) is 5.92 Å². The first-order chi connectivity index (χ1) is 7.19. The summed E-state index contributed by atoms with van der Waals surface area (Å²) in [5.41, 5.74) is 0.223. The smallest absolute Gasteiger partial charge is 0.309 e. The molecule has 15 heavy (non-hydrogen) atoms. The third-order valence-electron chi connectivity index (χ3n) is 4.20. The third-order valence-corrected chi connectivity index (χ3v) is 4.20. The summed E-state index contributed by atoms with van der Waals surface area (Å²) in [5.74, 6) is 0.424. The van der Waals surface area contributed by atoms with Gasteiger partial charge in [-0.1, -0.05) is 31.9 Å². The molecule has 1 spiro atoms. The zero-order valence-electron chi connectivity index (χ0n) is 9.66. The van der Waals surface area contributed by atoms with Crippen molar-refractivity contribution in [1.82, 2.24) is 0 Å². The maximum absolute atomic E-state index is 11.9. The molecule has 0 bridgehead atoms. The fourth-order valence-electron chi connectivity index (χ4n) is 3.50. The van der Waals surface area contributed by atoms with Crippen molar-refractivity contribution in [3.8, 4) is 0 Å². The standard InChI is InChI=1S/C13H20O2/c1-10-6-5-9-13(7-3-4-8-13)11(10)12(14)15-2/h5-6,10-11H,3-4,7-9H2,1-2H3/t10-,11-/m1/s1. The van der Waals surface area contributed by atoms with Crippen LogP contribution >= 0.6 is 0 Å². The lowest BCUT2D eigenvalue weighted by molar-refractivity contribution is -0.152. The molecule has 0 aliphatic heterocycles. The minimum atomic E-state index is -0.00579. The summed E-state index contributed by atoms with van der Waals surface area (Å²) in [6.45, 7) is 2.14. The van der Waals surface area contributed by atoms with Crippen molar-refractivity contribution < 1.29 is 9.53 Å². The molecule has 2 aliphatic carbocycles. The van der Waals surface area contributed by atoms with E-state index in [2.05, 4.69) is 19.1 Å². The number of methoxy groups -OCH3 is 1. The molecular formula is C13H20O2. The monoisotopic (exact) mass is 208 g/mol. The highest BCUT2D eigenvalue weighted by molar-refractivity contribution is 5.74. The van der Waals surface area contributed by atoms with Crippen LogP contribution in [-0.4, -0.2) is 13.1 Å². The third kappa shape index (κ3) is 1.70. The Kier molecular flexibility index (Phi) is 2.85. The average molecular weight is 208 g/mol. The van der Waals surface area contributed by atoms with Crippen molar-refractivity contribution >= 4 is 5.97 Å². The predicted octanol–water partition coefficient (Wildman–Crippen LogP) is 2.93. The van der Waals surface area contributed by atoms with E-state index < -0.39 is 0 Å². The number of hydrogen-bond acceptors (Lipinski definition) is 2. The molecule has 0 N–H and O–H groups in total. The minimum absolute atomic E-state index is 0.00579. The zero-order valence-corrected chi connectivity index (χ0v) is 9.66. The van der Waals surface area contributed by atoms with Gasteiger partial charge in [-0.05, 0) is 30.6 Å². The van der Waals surface area contributed by atoms with E-state index in [0.717, 1.165) is 6.42 Å². The van der Waals surface area contributed by atoms with Gasteiger partial charge < -0.3 is 4.74 Å². The van der Waals surface area contributed by atoms with Crippen molar-refractivity contribution in [3.63, 3.8) is 0 Å². The van der Waals surface area contributed by atoms with Crippen LogP contribution in [0.25, 0.3) is 0 Å². The Labute approximate surface area is 91.7 Å². The maximum Gasteiger partial charge on any atom is 0.309 e. The van der Waals surface area contributed by atoms with E-state index in [9.17, 15) is 4.79 Å². The van der Waals surface area contributed by atoms with Crippen LogP contribution in [0.5, 0.6) is 0 Å². The van der Waals surface area contributed by atoms with E-state index in [1.807, 2.05) is 0 Å². The molecule has 2 rings (SSSR count). The SMILES string of the molecule is COC(=O)[C@H]1[C@H](C)C=CCC12CCCC2. The van der Waals surface area contributed by atoms with Gasteiger partial charge in [0.05, 0.1) is 13.0 Å². The Morgan fingerprint density at radius 1 is 1.40 bits per heavy atom. The van der Waals surface area contributed by atoms with Gasteiger partial charge in [0, 0.05) is 0 Å². The summed E-state index contributed by atoms with van der Waals surface area (Å²) in [6.07, 6.45) is 10.4. The molecule has 2 atom stereocenters. The van der Waals surface area contributed by atoms with Crippen LogP contribution in [0.2, 0.25) is 0 Å². The van der Waals surface area contributed by atoms with Crippen molar-refractivity contribution in [2.75, 3.05) is 7.11 Å². The average Bonchev–Trinajstić information content (AvgIpc) is 2.66. The van der Waals surface area contributed by atoms with Crippen LogP contribution in [0.1, 0.15) is 39.0 Å². The van der Waals surface area contributed by atoms with Gasteiger partial charge in [0.25, 0.3) is 0 Å². The largest absolute Gasteiger partial charge is 0.469 e. The van der Waals surface area contributed by atoms with Gasteiger partial charge in [-0.25, -0.2) is 0 Å². The Hall–Kier alpha value is -0.790. The van der Waals surface area contributed by atoms with Gasteiger partial charge in [-0.15, -0.1) is 0 Å². The van der Waals surface area contributed by atoms with Gasteiger partial charge in [-0.3, -0.25) is 4.79 Å². The molecular weight excluding hydrogens is 188 g/mol. The van der Waals surface area contributed by atoms with E-state index in [1.165, 1.54) is 32.8 Å². The second-order valence-electron chi connectivity index (χ2n) is 5.06. The number of ether oxygens (including phenoxy) is 1. The molecule has 1 fully saturated rings. The van der Waals surface area contributed by atoms with Crippen molar-refractivity contribution in [3.05, 3.63) is 12.2 Å². The fourth-order valence-corrected chi connectivity index (χ4v) is 3.50. The van der Waals surface area contributed by atoms with Crippen molar-refractivity contribution in [2.24, 2.45) is 17.3 Å². The van der Waals surface area contributed by atoms with Crippen LogP contribution in [-0.2, 0) is 9.53 Å². The first kappa shape index (κ1) is 10.7. The highest BCUT2D eigenvalue weighted by Crippen LogP contribution is 2.52. The summed E-state index contributed by atoms with van der Waals surface area (Å²) in [7, 11) is 1.51. The van der Waals surface area contributed by atoms with Gasteiger partial charge in [0.15, 0.2) is 0 Å². The summed E-state index contributed by atoms with van der Waals surface area (Å²) in [5, 5.41) is 0. The van der Waals surface area contributed by atoms with Crippen LogP contribution < -0.4 is 0 Å². The molecule has 0 aromatic carbocycles. The predicted molar refractivity (Wildman–Crippen MR) is 59.3 cm³/mol. The van der Waals surface area contributed by atoms with E-state index >= 15 is 0 Å². The Bertz CT molecular complexity index is 274. The molecule has 0 radical (unpaired) electrons. The van der Waals surface area contributed by atoms with Crippen LogP contribution in [0, 0.1) is 17.3 Å². The van der Waals surface area contributed by atoms with Crippen molar-refractivity contribution in [1.29, 1.82) is 0 Å². The molecule has 0 amide bonds. The molecule has 0 aromatic heterocycles. The van der Waals surface area contributed by atoms with E-state index in [-0.39, 0.29) is 17.3 Å². The molecule has 0 saturated heterocycles. The number of esters is 1. The molecule has 2 heteroatoms. The van der Waals surface area contributed by atoms with Gasteiger partial charge >= 0.3 is 5.97 Å². The Morgan fingerprint density at radius 2 is 2.07 bits per heavy atom. The van der Waals surface area contributed by atoms with Gasteiger partial charge in [0.1, 0.15) is 0 Å². The molecule has 2 nitrogen and oxygen atoms in total. The zero-order chi connectivity index (χ0) is 10.9. The molecule has 2 aliphatic rings. The topological polar surface area (TPSA) is 26.3 Å². The highest BCUT2D eigenvalue weighted by Gasteiger charge is 2.48. The first-order valence-electron chi connectivity index (χ1n) is 5.94. The van der Waals surface area contributed by atoms with Crippen LogP contribution in [0.15, 0.2) is 12.2 Å². The highest BCUT2D eigenvalue weighted by atomic mass is 16.5. The van der Waals surface area contributed by atoms with Crippen LogP contribution in [0.4, 0.5) is 0 Å². The number of carbonyl (C=O) groups excluding carboxylic acids is 1. The molecule has 0 unspecified atom stereocenters. The fraction of sp³-hybridized carbons (Fsp3) is 0.769. The van der Waals surface area contributed by atoms with Crippen LogP contribution in [0.3, 0.4) is 0 Å². The first-order valence-corrected chi connectivity index (χ1v) is 5.94. The normalized spacial score (nSPS) is 33.2. The molecule has 0 aromatic rings. The molecule has 1 saturated carbocycles.